The van der Waals surface area contributed by atoms with Gasteiger partial charge in [0.15, 0.2) is 0 Å². The maximum atomic E-state index is 11.3. The molecule has 1 aromatic heterocycles. The number of nitrogens with zero attached hydrogens (tertiary/aromatic N) is 1. The summed E-state index contributed by atoms with van der Waals surface area (Å²) in [4.78, 5) is 14.1. The molecule has 1 amide bonds. The molecular weight excluding hydrogens is 196 g/mol. The maximum Gasteiger partial charge on any atom is 0.236 e. The Balaban J connectivity index is 2.36. The molecule has 1 heterocycles. The molecule has 0 radical (unpaired) electrons. The van der Waals surface area contributed by atoms with Crippen LogP contribution in [0, 0.1) is 0 Å². The third-order valence-corrected chi connectivity index (χ3v) is 3.08. The van der Waals surface area contributed by atoms with Gasteiger partial charge in [-0.2, -0.15) is 0 Å². The highest BCUT2D eigenvalue weighted by Gasteiger charge is 2.08. The lowest BCUT2D eigenvalue weighted by Crippen LogP contribution is -2.34. The van der Waals surface area contributed by atoms with E-state index >= 15 is 0 Å². The molecule has 3 nitrogen and oxygen atoms in total. The molecular formula is C10H16N2OS. The van der Waals surface area contributed by atoms with Gasteiger partial charge in [0.1, 0.15) is 0 Å². The fourth-order valence-electron chi connectivity index (χ4n) is 1.04. The largest absolute Gasteiger partial charge is 0.348 e. The highest BCUT2D eigenvalue weighted by Crippen LogP contribution is 2.17. The fourth-order valence-corrected chi connectivity index (χ4v) is 1.80. The predicted octanol–water partition coefficient (Wildman–Crippen LogP) is 1.49. The van der Waals surface area contributed by atoms with Crippen molar-refractivity contribution < 1.29 is 4.79 Å². The summed E-state index contributed by atoms with van der Waals surface area (Å²) in [5, 5.41) is 5.23. The van der Waals surface area contributed by atoms with E-state index in [1.807, 2.05) is 11.4 Å². The molecule has 1 aromatic rings. The number of hydrogen-bond donors (Lipinski definition) is 1. The molecule has 1 atom stereocenters. The van der Waals surface area contributed by atoms with E-state index in [9.17, 15) is 4.79 Å². The number of amides is 1. The Kier molecular flexibility index (Phi) is 4.10. The van der Waals surface area contributed by atoms with Crippen LogP contribution in [0.1, 0.15) is 17.8 Å². The Morgan fingerprint density at radius 3 is 2.86 bits per heavy atom. The van der Waals surface area contributed by atoms with Crippen molar-refractivity contribution in [3.8, 4) is 0 Å². The molecule has 0 unspecified atom stereocenters. The van der Waals surface area contributed by atoms with Gasteiger partial charge >= 0.3 is 0 Å². The summed E-state index contributed by atoms with van der Waals surface area (Å²) in [5.41, 5.74) is 0. The molecule has 1 rings (SSSR count). The zero-order valence-electron chi connectivity index (χ0n) is 8.78. The quantitative estimate of drug-likeness (QED) is 0.820. The molecule has 0 aliphatic rings. The van der Waals surface area contributed by atoms with Crippen LogP contribution in [-0.2, 0) is 4.79 Å². The summed E-state index contributed by atoms with van der Waals surface area (Å²) >= 11 is 1.70. The van der Waals surface area contributed by atoms with E-state index in [1.165, 1.54) is 4.88 Å². The van der Waals surface area contributed by atoms with E-state index in [2.05, 4.69) is 18.3 Å². The summed E-state index contributed by atoms with van der Waals surface area (Å²) in [6.07, 6.45) is 0. The van der Waals surface area contributed by atoms with Gasteiger partial charge in [-0.1, -0.05) is 6.07 Å². The normalized spacial score (nSPS) is 12.5. The van der Waals surface area contributed by atoms with Crippen LogP contribution in [0.5, 0.6) is 0 Å². The predicted molar refractivity (Wildman–Crippen MR) is 59.4 cm³/mol. The van der Waals surface area contributed by atoms with Crippen LogP contribution in [0.4, 0.5) is 0 Å². The van der Waals surface area contributed by atoms with Crippen molar-refractivity contribution in [3.05, 3.63) is 22.4 Å². The molecule has 0 saturated carbocycles. The Hall–Kier alpha value is -0.870. The maximum absolute atomic E-state index is 11.3. The lowest BCUT2D eigenvalue weighted by atomic mass is 10.3. The Morgan fingerprint density at radius 2 is 2.36 bits per heavy atom. The first-order valence-corrected chi connectivity index (χ1v) is 5.46. The lowest BCUT2D eigenvalue weighted by Gasteiger charge is -2.14. The number of rotatable bonds is 4. The van der Waals surface area contributed by atoms with Crippen molar-refractivity contribution in [3.63, 3.8) is 0 Å². The Bertz CT molecular complexity index is 282. The van der Waals surface area contributed by atoms with Crippen LogP contribution in [-0.4, -0.2) is 31.4 Å². The van der Waals surface area contributed by atoms with Crippen molar-refractivity contribution in [2.24, 2.45) is 0 Å². The average molecular weight is 212 g/mol. The summed E-state index contributed by atoms with van der Waals surface area (Å²) in [6.45, 7) is 2.46. The number of hydrogen-bond acceptors (Lipinski definition) is 3. The number of carbonyl (C=O) groups is 1. The van der Waals surface area contributed by atoms with E-state index in [-0.39, 0.29) is 11.9 Å². The lowest BCUT2D eigenvalue weighted by molar-refractivity contribution is -0.127. The molecule has 0 aliphatic carbocycles. The van der Waals surface area contributed by atoms with Gasteiger partial charge in [0, 0.05) is 25.0 Å². The van der Waals surface area contributed by atoms with Crippen molar-refractivity contribution in [2.45, 2.75) is 13.0 Å². The van der Waals surface area contributed by atoms with Crippen molar-refractivity contribution >= 4 is 17.2 Å². The smallest absolute Gasteiger partial charge is 0.236 e. The number of carbonyl (C=O) groups excluding carboxylic acids is 1. The molecule has 0 aromatic carbocycles. The second kappa shape index (κ2) is 5.12. The molecule has 0 bridgehead atoms. The standard InChI is InChI=1S/C10H16N2OS/c1-8(9-5-4-6-14-9)11-7-10(13)12(2)3/h4-6,8,11H,7H2,1-3H3/t8-/m1/s1. The molecule has 0 aliphatic heterocycles. The van der Waals surface area contributed by atoms with Gasteiger partial charge in [-0.25, -0.2) is 0 Å². The van der Waals surface area contributed by atoms with Crippen molar-refractivity contribution in [2.75, 3.05) is 20.6 Å². The van der Waals surface area contributed by atoms with Gasteiger partial charge in [0.2, 0.25) is 5.91 Å². The highest BCUT2D eigenvalue weighted by atomic mass is 32.1. The van der Waals surface area contributed by atoms with Crippen LogP contribution in [0.15, 0.2) is 17.5 Å². The molecule has 0 saturated heterocycles. The van der Waals surface area contributed by atoms with Crippen molar-refractivity contribution in [1.29, 1.82) is 0 Å². The molecule has 78 valence electrons. The molecule has 4 heteroatoms. The van der Waals surface area contributed by atoms with Gasteiger partial charge < -0.3 is 10.2 Å². The van der Waals surface area contributed by atoms with E-state index in [1.54, 1.807) is 30.3 Å². The van der Waals surface area contributed by atoms with Crippen LogP contribution in [0.3, 0.4) is 0 Å². The van der Waals surface area contributed by atoms with Crippen LogP contribution >= 0.6 is 11.3 Å². The molecule has 1 N–H and O–H groups in total. The van der Waals surface area contributed by atoms with Gasteiger partial charge in [-0.15, -0.1) is 11.3 Å². The van der Waals surface area contributed by atoms with E-state index in [0.29, 0.717) is 6.54 Å². The minimum absolute atomic E-state index is 0.105. The minimum Gasteiger partial charge on any atom is -0.348 e. The summed E-state index contributed by atoms with van der Waals surface area (Å²) in [6, 6.07) is 4.34. The molecule has 0 spiro atoms. The Morgan fingerprint density at radius 1 is 1.64 bits per heavy atom. The zero-order chi connectivity index (χ0) is 10.6. The van der Waals surface area contributed by atoms with Crippen LogP contribution in [0.25, 0.3) is 0 Å². The summed E-state index contributed by atoms with van der Waals surface area (Å²) in [7, 11) is 3.53. The number of thiophene rings is 1. The average Bonchev–Trinajstić information content (AvgIpc) is 2.66. The molecule has 14 heavy (non-hydrogen) atoms. The molecule has 0 fully saturated rings. The summed E-state index contributed by atoms with van der Waals surface area (Å²) in [5.74, 6) is 0.105. The summed E-state index contributed by atoms with van der Waals surface area (Å²) < 4.78 is 0. The first kappa shape index (κ1) is 11.2. The number of likely N-dealkylation sites (N-methyl/N-ethyl adjacent to an activating group) is 1. The van der Waals surface area contributed by atoms with E-state index < -0.39 is 0 Å². The topological polar surface area (TPSA) is 32.3 Å². The number of nitrogens with one attached hydrogen (secondary N) is 1. The monoisotopic (exact) mass is 212 g/mol. The van der Waals surface area contributed by atoms with Crippen molar-refractivity contribution in [1.82, 2.24) is 10.2 Å². The first-order valence-electron chi connectivity index (χ1n) is 4.58. The van der Waals surface area contributed by atoms with Crippen LogP contribution < -0.4 is 5.32 Å². The van der Waals surface area contributed by atoms with E-state index in [0.717, 1.165) is 0 Å². The third kappa shape index (κ3) is 3.12. The SMILES string of the molecule is C[C@@H](NCC(=O)N(C)C)c1cccs1. The van der Waals surface area contributed by atoms with Gasteiger partial charge in [-0.3, -0.25) is 4.79 Å². The fraction of sp³-hybridized carbons (Fsp3) is 0.500. The second-order valence-corrected chi connectivity index (χ2v) is 4.39. The second-order valence-electron chi connectivity index (χ2n) is 3.41. The highest BCUT2D eigenvalue weighted by molar-refractivity contribution is 7.10. The van der Waals surface area contributed by atoms with E-state index in [4.69, 9.17) is 0 Å². The van der Waals surface area contributed by atoms with Gasteiger partial charge in [-0.05, 0) is 18.4 Å². The minimum atomic E-state index is 0.105. The van der Waals surface area contributed by atoms with Gasteiger partial charge in [0.25, 0.3) is 0 Å². The first-order chi connectivity index (χ1) is 6.61. The third-order valence-electron chi connectivity index (χ3n) is 2.03. The van der Waals surface area contributed by atoms with Crippen LogP contribution in [0.2, 0.25) is 0 Å². The Labute approximate surface area is 88.7 Å². The van der Waals surface area contributed by atoms with Gasteiger partial charge in [0.05, 0.1) is 6.54 Å². The zero-order valence-corrected chi connectivity index (χ0v) is 9.60.